The molecule has 0 aliphatic rings. The second-order valence-electron chi connectivity index (χ2n) is 4.72. The topological polar surface area (TPSA) is 64.3 Å². The highest BCUT2D eigenvalue weighted by molar-refractivity contribution is 5.76. The van der Waals surface area contributed by atoms with Crippen LogP contribution in [0.15, 0.2) is 12.1 Å². The van der Waals surface area contributed by atoms with Crippen molar-refractivity contribution in [1.82, 2.24) is 5.32 Å². The Balaban J connectivity index is 2.66. The zero-order chi connectivity index (χ0) is 13.7. The van der Waals surface area contributed by atoms with Crippen LogP contribution in [0.25, 0.3) is 0 Å². The van der Waals surface area contributed by atoms with Crippen molar-refractivity contribution in [3.05, 3.63) is 28.8 Å². The van der Waals surface area contributed by atoms with Gasteiger partial charge in [-0.3, -0.25) is 4.79 Å². The Labute approximate surface area is 109 Å². The van der Waals surface area contributed by atoms with Crippen molar-refractivity contribution in [3.8, 4) is 5.75 Å². The van der Waals surface area contributed by atoms with Gasteiger partial charge in [-0.1, -0.05) is 12.1 Å². The number of carbonyl (C=O) groups excluding carboxylic acids is 1. The highest BCUT2D eigenvalue weighted by Gasteiger charge is 2.07. The van der Waals surface area contributed by atoms with E-state index in [0.717, 1.165) is 22.4 Å². The number of nitrogens with two attached hydrogens (primary N) is 1. The van der Waals surface area contributed by atoms with Gasteiger partial charge < -0.3 is 15.8 Å². The molecule has 1 rings (SSSR count). The number of amides is 1. The van der Waals surface area contributed by atoms with E-state index in [2.05, 4.69) is 5.32 Å². The molecule has 0 aromatic heterocycles. The third kappa shape index (κ3) is 4.04. The summed E-state index contributed by atoms with van der Waals surface area (Å²) in [6, 6.07) is 3.94. The summed E-state index contributed by atoms with van der Waals surface area (Å²) >= 11 is 0. The summed E-state index contributed by atoms with van der Waals surface area (Å²) in [5.41, 5.74) is 8.80. The summed E-state index contributed by atoms with van der Waals surface area (Å²) in [6.45, 7) is 6.34. The van der Waals surface area contributed by atoms with E-state index in [0.29, 0.717) is 13.0 Å². The van der Waals surface area contributed by atoms with Crippen LogP contribution in [0.5, 0.6) is 5.75 Å². The second-order valence-corrected chi connectivity index (χ2v) is 4.72. The molecule has 1 atom stereocenters. The van der Waals surface area contributed by atoms with E-state index in [1.807, 2.05) is 32.9 Å². The molecule has 3 N–H and O–H groups in total. The molecule has 0 spiro atoms. The van der Waals surface area contributed by atoms with Gasteiger partial charge in [0.1, 0.15) is 5.75 Å². The first-order valence-corrected chi connectivity index (χ1v) is 6.10. The molecule has 0 aliphatic heterocycles. The van der Waals surface area contributed by atoms with Crippen LogP contribution in [0.3, 0.4) is 0 Å². The SMILES string of the molecule is COc1c(C)cc(CNC(=O)CC(C)N)cc1C. The van der Waals surface area contributed by atoms with Gasteiger partial charge in [-0.15, -0.1) is 0 Å². The molecule has 0 aliphatic carbocycles. The minimum absolute atomic E-state index is 0.0175. The number of rotatable bonds is 5. The van der Waals surface area contributed by atoms with Crippen LogP contribution in [0.2, 0.25) is 0 Å². The van der Waals surface area contributed by atoms with Crippen LogP contribution in [-0.2, 0) is 11.3 Å². The molecule has 1 aromatic rings. The molecular formula is C14H22N2O2. The third-order valence-electron chi connectivity index (χ3n) is 2.72. The van der Waals surface area contributed by atoms with Crippen molar-refractivity contribution < 1.29 is 9.53 Å². The zero-order valence-electron chi connectivity index (χ0n) is 11.5. The maximum atomic E-state index is 11.5. The predicted molar refractivity (Wildman–Crippen MR) is 72.6 cm³/mol. The molecule has 100 valence electrons. The summed E-state index contributed by atoms with van der Waals surface area (Å²) in [7, 11) is 1.67. The molecular weight excluding hydrogens is 228 g/mol. The van der Waals surface area contributed by atoms with Gasteiger partial charge in [0.2, 0.25) is 5.91 Å². The first-order chi connectivity index (χ1) is 8.43. The third-order valence-corrected chi connectivity index (χ3v) is 2.72. The molecule has 1 aromatic carbocycles. The van der Waals surface area contributed by atoms with Crippen LogP contribution >= 0.6 is 0 Å². The molecule has 18 heavy (non-hydrogen) atoms. The summed E-state index contributed by atoms with van der Waals surface area (Å²) in [4.78, 5) is 11.5. The minimum atomic E-state index is -0.107. The summed E-state index contributed by atoms with van der Waals surface area (Å²) in [5.74, 6) is 0.886. The summed E-state index contributed by atoms with van der Waals surface area (Å²) in [5, 5.41) is 2.86. The van der Waals surface area contributed by atoms with E-state index in [4.69, 9.17) is 10.5 Å². The Morgan fingerprint density at radius 1 is 1.39 bits per heavy atom. The number of hydrogen-bond donors (Lipinski definition) is 2. The standard InChI is InChI=1S/C14H22N2O2/c1-9-5-12(6-10(2)14(9)18-4)8-16-13(17)7-11(3)15/h5-6,11H,7-8,15H2,1-4H3,(H,16,17). The Kier molecular flexibility index (Phi) is 5.16. The summed E-state index contributed by atoms with van der Waals surface area (Å²) < 4.78 is 5.31. The molecule has 4 nitrogen and oxygen atoms in total. The first-order valence-electron chi connectivity index (χ1n) is 6.10. The lowest BCUT2D eigenvalue weighted by Crippen LogP contribution is -2.29. The highest BCUT2D eigenvalue weighted by Crippen LogP contribution is 2.24. The number of carbonyl (C=O) groups is 1. The fourth-order valence-electron chi connectivity index (χ4n) is 2.03. The smallest absolute Gasteiger partial charge is 0.221 e. The summed E-state index contributed by atoms with van der Waals surface area (Å²) in [6.07, 6.45) is 0.355. The van der Waals surface area contributed by atoms with Crippen LogP contribution < -0.4 is 15.8 Å². The quantitative estimate of drug-likeness (QED) is 0.835. The highest BCUT2D eigenvalue weighted by atomic mass is 16.5. The van der Waals surface area contributed by atoms with Gasteiger partial charge in [0.15, 0.2) is 0 Å². The van der Waals surface area contributed by atoms with Crippen LogP contribution in [0.1, 0.15) is 30.0 Å². The number of benzene rings is 1. The van der Waals surface area contributed by atoms with Crippen molar-refractivity contribution in [2.75, 3.05) is 7.11 Å². The van der Waals surface area contributed by atoms with Gasteiger partial charge in [-0.2, -0.15) is 0 Å². The average molecular weight is 250 g/mol. The van der Waals surface area contributed by atoms with Gasteiger partial charge in [0.05, 0.1) is 7.11 Å². The van der Waals surface area contributed by atoms with Crippen molar-refractivity contribution in [3.63, 3.8) is 0 Å². The average Bonchev–Trinajstić information content (AvgIpc) is 2.25. The molecule has 0 saturated heterocycles. The maximum Gasteiger partial charge on any atom is 0.221 e. The fourth-order valence-corrected chi connectivity index (χ4v) is 2.03. The normalized spacial score (nSPS) is 12.1. The Morgan fingerprint density at radius 3 is 2.39 bits per heavy atom. The molecule has 0 saturated carbocycles. The van der Waals surface area contributed by atoms with Gasteiger partial charge in [0.25, 0.3) is 0 Å². The lowest BCUT2D eigenvalue weighted by atomic mass is 10.1. The number of aryl methyl sites for hydroxylation is 2. The molecule has 1 amide bonds. The molecule has 0 radical (unpaired) electrons. The lowest BCUT2D eigenvalue weighted by molar-refractivity contribution is -0.121. The maximum absolute atomic E-state index is 11.5. The monoisotopic (exact) mass is 250 g/mol. The molecule has 4 heteroatoms. The van der Waals surface area contributed by atoms with E-state index < -0.39 is 0 Å². The number of nitrogens with one attached hydrogen (secondary N) is 1. The van der Waals surface area contributed by atoms with E-state index in [-0.39, 0.29) is 11.9 Å². The van der Waals surface area contributed by atoms with Gasteiger partial charge in [-0.25, -0.2) is 0 Å². The fraction of sp³-hybridized carbons (Fsp3) is 0.500. The van der Waals surface area contributed by atoms with Gasteiger partial charge in [-0.05, 0) is 37.5 Å². The van der Waals surface area contributed by atoms with E-state index in [1.54, 1.807) is 7.11 Å². The Hall–Kier alpha value is -1.55. The molecule has 0 heterocycles. The molecule has 0 bridgehead atoms. The van der Waals surface area contributed by atoms with Gasteiger partial charge in [0, 0.05) is 19.0 Å². The second kappa shape index (κ2) is 6.40. The number of ether oxygens (including phenoxy) is 1. The van der Waals surface area contributed by atoms with Crippen molar-refractivity contribution in [1.29, 1.82) is 0 Å². The predicted octanol–water partition coefficient (Wildman–Crippen LogP) is 1.67. The first kappa shape index (κ1) is 14.5. The van der Waals surface area contributed by atoms with E-state index in [9.17, 15) is 4.79 Å². The number of methoxy groups -OCH3 is 1. The van der Waals surface area contributed by atoms with E-state index >= 15 is 0 Å². The zero-order valence-corrected chi connectivity index (χ0v) is 11.5. The van der Waals surface area contributed by atoms with Crippen molar-refractivity contribution >= 4 is 5.91 Å². The minimum Gasteiger partial charge on any atom is -0.496 e. The van der Waals surface area contributed by atoms with Crippen molar-refractivity contribution in [2.24, 2.45) is 5.73 Å². The van der Waals surface area contributed by atoms with Crippen molar-refractivity contribution in [2.45, 2.75) is 39.8 Å². The van der Waals surface area contributed by atoms with Crippen LogP contribution in [0, 0.1) is 13.8 Å². The Bertz CT molecular complexity index is 405. The largest absolute Gasteiger partial charge is 0.496 e. The van der Waals surface area contributed by atoms with Crippen LogP contribution in [0.4, 0.5) is 0 Å². The Morgan fingerprint density at radius 2 is 1.94 bits per heavy atom. The molecule has 0 fully saturated rings. The number of hydrogen-bond acceptors (Lipinski definition) is 3. The van der Waals surface area contributed by atoms with E-state index in [1.165, 1.54) is 0 Å². The lowest BCUT2D eigenvalue weighted by Gasteiger charge is -2.12. The van der Waals surface area contributed by atoms with Gasteiger partial charge >= 0.3 is 0 Å². The molecule has 1 unspecified atom stereocenters. The van der Waals surface area contributed by atoms with Crippen LogP contribution in [-0.4, -0.2) is 19.1 Å².